The standard InChI is InChI=1S/C10H12IN3O/c11-10-6-13-14(7-10)3-2-12-5-9-1-4-15-8-9/h1,4,6-8,12H,2-3,5H2. The number of hydrogen-bond donors (Lipinski definition) is 1. The highest BCUT2D eigenvalue weighted by atomic mass is 127. The lowest BCUT2D eigenvalue weighted by molar-refractivity contribution is 0.543. The third-order valence-corrected chi connectivity index (χ3v) is 2.59. The summed E-state index contributed by atoms with van der Waals surface area (Å²) in [7, 11) is 0. The molecule has 5 heteroatoms. The molecule has 0 aromatic carbocycles. The molecule has 0 radical (unpaired) electrons. The molecule has 0 unspecified atom stereocenters. The Hall–Kier alpha value is -0.820. The van der Waals surface area contributed by atoms with Gasteiger partial charge in [0.2, 0.25) is 0 Å². The lowest BCUT2D eigenvalue weighted by Crippen LogP contribution is -2.19. The molecule has 0 atom stereocenters. The predicted octanol–water partition coefficient (Wildman–Crippen LogP) is 1.87. The molecule has 80 valence electrons. The lowest BCUT2D eigenvalue weighted by atomic mass is 10.3. The van der Waals surface area contributed by atoms with E-state index in [4.69, 9.17) is 4.42 Å². The zero-order valence-electron chi connectivity index (χ0n) is 8.19. The van der Waals surface area contributed by atoms with Crippen LogP contribution in [-0.2, 0) is 13.1 Å². The lowest BCUT2D eigenvalue weighted by Gasteiger charge is -2.02. The second-order valence-electron chi connectivity index (χ2n) is 3.23. The Morgan fingerprint density at radius 2 is 2.47 bits per heavy atom. The van der Waals surface area contributed by atoms with Crippen LogP contribution in [0.5, 0.6) is 0 Å². The van der Waals surface area contributed by atoms with E-state index in [0.717, 1.165) is 19.6 Å². The van der Waals surface area contributed by atoms with Crippen LogP contribution in [0.1, 0.15) is 5.56 Å². The molecule has 0 bridgehead atoms. The quantitative estimate of drug-likeness (QED) is 0.676. The fourth-order valence-corrected chi connectivity index (χ4v) is 1.73. The van der Waals surface area contributed by atoms with E-state index in [0.29, 0.717) is 0 Å². The topological polar surface area (TPSA) is 43.0 Å². The van der Waals surface area contributed by atoms with E-state index in [2.05, 4.69) is 33.0 Å². The van der Waals surface area contributed by atoms with Crippen molar-refractivity contribution in [3.8, 4) is 0 Å². The highest BCUT2D eigenvalue weighted by Gasteiger charge is 1.95. The largest absolute Gasteiger partial charge is 0.472 e. The number of furan rings is 1. The minimum atomic E-state index is 0.842. The average molecular weight is 317 g/mol. The molecule has 0 aliphatic carbocycles. The van der Waals surface area contributed by atoms with Crippen LogP contribution in [0.2, 0.25) is 0 Å². The summed E-state index contributed by atoms with van der Waals surface area (Å²) in [6.07, 6.45) is 7.33. The van der Waals surface area contributed by atoms with Crippen LogP contribution in [0.3, 0.4) is 0 Å². The van der Waals surface area contributed by atoms with Crippen LogP contribution in [-0.4, -0.2) is 16.3 Å². The summed E-state index contributed by atoms with van der Waals surface area (Å²) in [5.41, 5.74) is 1.17. The number of nitrogens with zero attached hydrogens (tertiary/aromatic N) is 2. The summed E-state index contributed by atoms with van der Waals surface area (Å²) in [6.45, 7) is 2.64. The van der Waals surface area contributed by atoms with Gasteiger partial charge in [0.25, 0.3) is 0 Å². The summed E-state index contributed by atoms with van der Waals surface area (Å²) in [6, 6.07) is 1.96. The number of aromatic nitrogens is 2. The van der Waals surface area contributed by atoms with Crippen molar-refractivity contribution in [2.24, 2.45) is 0 Å². The van der Waals surface area contributed by atoms with Gasteiger partial charge in [-0.1, -0.05) is 0 Å². The summed E-state index contributed by atoms with van der Waals surface area (Å²) in [4.78, 5) is 0. The molecule has 2 aromatic heterocycles. The molecule has 0 aliphatic heterocycles. The minimum Gasteiger partial charge on any atom is -0.472 e. The van der Waals surface area contributed by atoms with Gasteiger partial charge in [-0.25, -0.2) is 0 Å². The van der Waals surface area contributed by atoms with Crippen molar-refractivity contribution in [1.82, 2.24) is 15.1 Å². The van der Waals surface area contributed by atoms with Crippen molar-refractivity contribution >= 4 is 22.6 Å². The van der Waals surface area contributed by atoms with E-state index in [1.165, 1.54) is 9.13 Å². The minimum absolute atomic E-state index is 0.842. The van der Waals surface area contributed by atoms with E-state index in [-0.39, 0.29) is 0 Å². The Morgan fingerprint density at radius 3 is 3.13 bits per heavy atom. The maximum atomic E-state index is 4.97. The highest BCUT2D eigenvalue weighted by molar-refractivity contribution is 14.1. The van der Waals surface area contributed by atoms with E-state index >= 15 is 0 Å². The molecule has 15 heavy (non-hydrogen) atoms. The zero-order valence-corrected chi connectivity index (χ0v) is 10.3. The molecule has 0 saturated heterocycles. The Labute approximate surface area is 102 Å². The summed E-state index contributed by atoms with van der Waals surface area (Å²) >= 11 is 2.25. The first-order valence-corrected chi connectivity index (χ1v) is 5.82. The van der Waals surface area contributed by atoms with Gasteiger partial charge in [0.15, 0.2) is 0 Å². The normalized spacial score (nSPS) is 10.7. The third-order valence-electron chi connectivity index (χ3n) is 2.03. The molecule has 0 spiro atoms. The molecule has 4 nitrogen and oxygen atoms in total. The first-order chi connectivity index (χ1) is 7.34. The van der Waals surface area contributed by atoms with Crippen LogP contribution < -0.4 is 5.32 Å². The molecule has 2 heterocycles. The second kappa shape index (κ2) is 5.32. The van der Waals surface area contributed by atoms with E-state index in [1.807, 2.05) is 23.1 Å². The Morgan fingerprint density at radius 1 is 1.53 bits per heavy atom. The van der Waals surface area contributed by atoms with Crippen LogP contribution in [0, 0.1) is 3.57 Å². The van der Waals surface area contributed by atoms with Crippen molar-refractivity contribution in [2.75, 3.05) is 6.54 Å². The maximum absolute atomic E-state index is 4.97. The Balaban J connectivity index is 1.67. The summed E-state index contributed by atoms with van der Waals surface area (Å²) in [5.74, 6) is 0. The maximum Gasteiger partial charge on any atom is 0.0947 e. The van der Waals surface area contributed by atoms with E-state index in [1.54, 1.807) is 12.5 Å². The van der Waals surface area contributed by atoms with E-state index < -0.39 is 0 Å². The smallest absolute Gasteiger partial charge is 0.0947 e. The predicted molar refractivity (Wildman–Crippen MR) is 65.4 cm³/mol. The summed E-state index contributed by atoms with van der Waals surface area (Å²) in [5, 5.41) is 7.52. The number of rotatable bonds is 5. The molecular formula is C10H12IN3O. The fraction of sp³-hybridized carbons (Fsp3) is 0.300. The van der Waals surface area contributed by atoms with Crippen molar-refractivity contribution < 1.29 is 4.42 Å². The molecule has 0 amide bonds. The molecule has 2 aromatic rings. The van der Waals surface area contributed by atoms with Gasteiger partial charge in [-0.15, -0.1) is 0 Å². The molecule has 0 aliphatic rings. The van der Waals surface area contributed by atoms with Crippen LogP contribution in [0.4, 0.5) is 0 Å². The zero-order chi connectivity index (χ0) is 10.5. The van der Waals surface area contributed by atoms with E-state index in [9.17, 15) is 0 Å². The fourth-order valence-electron chi connectivity index (χ4n) is 1.28. The average Bonchev–Trinajstić information content (AvgIpc) is 2.84. The number of halogens is 1. The Bertz CT molecular complexity index is 396. The van der Waals surface area contributed by atoms with Gasteiger partial charge >= 0.3 is 0 Å². The van der Waals surface area contributed by atoms with Crippen LogP contribution >= 0.6 is 22.6 Å². The van der Waals surface area contributed by atoms with Crippen molar-refractivity contribution in [1.29, 1.82) is 0 Å². The van der Waals surface area contributed by atoms with Gasteiger partial charge in [0.1, 0.15) is 0 Å². The molecule has 0 fully saturated rings. The van der Waals surface area contributed by atoms with Crippen LogP contribution in [0.25, 0.3) is 0 Å². The monoisotopic (exact) mass is 317 g/mol. The third kappa shape index (κ3) is 3.35. The number of nitrogens with one attached hydrogen (secondary N) is 1. The SMILES string of the molecule is Ic1cnn(CCNCc2ccoc2)c1. The van der Waals surface area contributed by atoms with Crippen molar-refractivity contribution in [3.05, 3.63) is 40.1 Å². The molecule has 2 rings (SSSR count). The second-order valence-corrected chi connectivity index (χ2v) is 4.48. The first-order valence-electron chi connectivity index (χ1n) is 4.74. The van der Waals surface area contributed by atoms with Crippen molar-refractivity contribution in [2.45, 2.75) is 13.1 Å². The van der Waals surface area contributed by atoms with Gasteiger partial charge in [-0.3, -0.25) is 4.68 Å². The van der Waals surface area contributed by atoms with Gasteiger partial charge in [-0.2, -0.15) is 5.10 Å². The molecular weight excluding hydrogens is 305 g/mol. The van der Waals surface area contributed by atoms with Gasteiger partial charge in [0.05, 0.1) is 28.8 Å². The molecule has 0 saturated carbocycles. The van der Waals surface area contributed by atoms with Crippen molar-refractivity contribution in [3.63, 3.8) is 0 Å². The van der Waals surface area contributed by atoms with Gasteiger partial charge < -0.3 is 9.73 Å². The first kappa shape index (κ1) is 10.7. The highest BCUT2D eigenvalue weighted by Crippen LogP contribution is 2.01. The van der Waals surface area contributed by atoms with Crippen LogP contribution in [0.15, 0.2) is 35.4 Å². The van der Waals surface area contributed by atoms with Gasteiger partial charge in [-0.05, 0) is 28.7 Å². The van der Waals surface area contributed by atoms with Gasteiger partial charge in [0, 0.05) is 24.8 Å². The Kier molecular flexibility index (Phi) is 3.79. The molecule has 1 N–H and O–H groups in total. The number of hydrogen-bond acceptors (Lipinski definition) is 3. The summed E-state index contributed by atoms with van der Waals surface area (Å²) < 4.78 is 8.08.